The van der Waals surface area contributed by atoms with Crippen molar-refractivity contribution < 1.29 is 9.66 Å². The molecule has 1 N–H and O–H groups in total. The van der Waals surface area contributed by atoms with Gasteiger partial charge in [0.15, 0.2) is 0 Å². The zero-order chi connectivity index (χ0) is 19.8. The average Bonchev–Trinajstić information content (AvgIpc) is 3.12. The van der Waals surface area contributed by atoms with Gasteiger partial charge >= 0.3 is 11.6 Å². The quantitative estimate of drug-likeness (QED) is 0.420. The molecule has 0 aliphatic carbocycles. The number of ether oxygens (including phenoxy) is 1. The van der Waals surface area contributed by atoms with E-state index in [1.807, 2.05) is 23.1 Å². The van der Waals surface area contributed by atoms with Gasteiger partial charge in [-0.15, -0.1) is 0 Å². The number of fused-ring (bicyclic) bond motifs is 3. The maximum atomic E-state index is 11.9. The minimum Gasteiger partial charge on any atom is -0.432 e. The average molecular weight is 388 g/mol. The lowest BCUT2D eigenvalue weighted by molar-refractivity contribution is -0.385. The number of pyridine rings is 1. The number of hydrogen-bond acceptors (Lipinski definition) is 7. The number of aromatic amines is 1. The SMILES string of the molecule is O=[N+]([O-])c1c(Oc2cccnc2)ncnc1N1CCc2c([nH]c3ccccc23)C1. The van der Waals surface area contributed by atoms with Gasteiger partial charge in [-0.2, -0.15) is 4.98 Å². The molecule has 1 aliphatic rings. The number of nitro groups is 1. The Hall–Kier alpha value is -4.01. The van der Waals surface area contributed by atoms with Gasteiger partial charge in [0.25, 0.3) is 0 Å². The molecule has 9 heteroatoms. The second kappa shape index (κ2) is 6.86. The number of para-hydroxylation sites is 1. The molecule has 4 aromatic rings. The van der Waals surface area contributed by atoms with E-state index in [-0.39, 0.29) is 17.4 Å². The van der Waals surface area contributed by atoms with Crippen LogP contribution in [0.2, 0.25) is 0 Å². The van der Waals surface area contributed by atoms with Crippen LogP contribution in [-0.2, 0) is 13.0 Å². The molecule has 5 rings (SSSR count). The lowest BCUT2D eigenvalue weighted by Gasteiger charge is -2.27. The Balaban J connectivity index is 1.52. The Bertz CT molecular complexity index is 1210. The highest BCUT2D eigenvalue weighted by atomic mass is 16.6. The Morgan fingerprint density at radius 3 is 2.90 bits per heavy atom. The molecule has 0 saturated heterocycles. The van der Waals surface area contributed by atoms with Crippen molar-refractivity contribution in [2.75, 3.05) is 11.4 Å². The number of aromatic nitrogens is 4. The van der Waals surface area contributed by atoms with Crippen LogP contribution in [0.3, 0.4) is 0 Å². The van der Waals surface area contributed by atoms with Crippen LogP contribution < -0.4 is 9.64 Å². The van der Waals surface area contributed by atoms with Crippen molar-refractivity contribution in [1.82, 2.24) is 19.9 Å². The van der Waals surface area contributed by atoms with Crippen LogP contribution in [0.15, 0.2) is 55.1 Å². The van der Waals surface area contributed by atoms with Crippen LogP contribution in [0, 0.1) is 10.1 Å². The summed E-state index contributed by atoms with van der Waals surface area (Å²) in [6, 6.07) is 11.5. The molecule has 0 fully saturated rings. The monoisotopic (exact) mass is 388 g/mol. The number of nitrogens with one attached hydrogen (secondary N) is 1. The number of hydrogen-bond donors (Lipinski definition) is 1. The first-order valence-electron chi connectivity index (χ1n) is 9.11. The zero-order valence-corrected chi connectivity index (χ0v) is 15.3. The highest BCUT2D eigenvalue weighted by Gasteiger charge is 2.31. The normalized spacial score (nSPS) is 13.3. The first kappa shape index (κ1) is 17.1. The summed E-state index contributed by atoms with van der Waals surface area (Å²) in [4.78, 5) is 28.8. The molecule has 144 valence electrons. The fraction of sp³-hybridized carbons (Fsp3) is 0.150. The van der Waals surface area contributed by atoms with Crippen molar-refractivity contribution in [2.45, 2.75) is 13.0 Å². The van der Waals surface area contributed by atoms with Gasteiger partial charge in [-0.1, -0.05) is 18.2 Å². The fourth-order valence-electron chi connectivity index (χ4n) is 3.71. The summed E-state index contributed by atoms with van der Waals surface area (Å²) in [7, 11) is 0. The summed E-state index contributed by atoms with van der Waals surface area (Å²) in [5, 5.41) is 13.1. The van der Waals surface area contributed by atoms with Gasteiger partial charge in [0.05, 0.1) is 17.7 Å². The van der Waals surface area contributed by atoms with E-state index in [2.05, 4.69) is 26.0 Å². The standard InChI is InChI=1S/C20H16N6O3/c27-26(28)18-19(22-12-23-20(18)29-13-4-3-8-21-10-13)25-9-7-15-14-5-1-2-6-16(14)24-17(15)11-25/h1-6,8,10,12,24H,7,9,11H2. The summed E-state index contributed by atoms with van der Waals surface area (Å²) in [5.41, 5.74) is 3.11. The molecular weight excluding hydrogens is 372 g/mol. The van der Waals surface area contributed by atoms with Crippen LogP contribution in [0.1, 0.15) is 11.3 Å². The Labute approximate surface area is 165 Å². The summed E-state index contributed by atoms with van der Waals surface area (Å²) in [5.74, 6) is 0.514. The number of anilines is 1. The van der Waals surface area contributed by atoms with Gasteiger partial charge in [0.2, 0.25) is 5.82 Å². The molecule has 0 bridgehead atoms. The fourth-order valence-corrected chi connectivity index (χ4v) is 3.71. The van der Waals surface area contributed by atoms with E-state index >= 15 is 0 Å². The van der Waals surface area contributed by atoms with Gasteiger partial charge in [0.1, 0.15) is 12.1 Å². The van der Waals surface area contributed by atoms with Crippen LogP contribution >= 0.6 is 0 Å². The lowest BCUT2D eigenvalue weighted by Crippen LogP contribution is -2.31. The molecule has 0 unspecified atom stereocenters. The van der Waals surface area contributed by atoms with E-state index in [1.54, 1.807) is 18.3 Å². The molecule has 1 aliphatic heterocycles. The Morgan fingerprint density at radius 1 is 1.17 bits per heavy atom. The zero-order valence-electron chi connectivity index (χ0n) is 15.3. The van der Waals surface area contributed by atoms with E-state index in [4.69, 9.17) is 4.74 Å². The first-order chi connectivity index (χ1) is 14.2. The molecule has 0 atom stereocenters. The van der Waals surface area contributed by atoms with Crippen molar-refractivity contribution in [2.24, 2.45) is 0 Å². The molecule has 4 heterocycles. The molecule has 0 amide bonds. The van der Waals surface area contributed by atoms with Crippen molar-refractivity contribution in [1.29, 1.82) is 0 Å². The van der Waals surface area contributed by atoms with Gasteiger partial charge in [-0.3, -0.25) is 15.1 Å². The van der Waals surface area contributed by atoms with Gasteiger partial charge in [0, 0.05) is 29.3 Å². The van der Waals surface area contributed by atoms with E-state index < -0.39 is 4.92 Å². The predicted octanol–water partition coefficient (Wildman–Crippen LogP) is 3.62. The van der Waals surface area contributed by atoms with E-state index in [0.717, 1.165) is 17.6 Å². The van der Waals surface area contributed by atoms with Crippen LogP contribution in [0.25, 0.3) is 10.9 Å². The van der Waals surface area contributed by atoms with Gasteiger partial charge in [-0.25, -0.2) is 4.98 Å². The first-order valence-corrected chi connectivity index (χ1v) is 9.11. The highest BCUT2D eigenvalue weighted by Crippen LogP contribution is 2.38. The van der Waals surface area contributed by atoms with Crippen LogP contribution in [-0.4, -0.2) is 31.4 Å². The van der Waals surface area contributed by atoms with Gasteiger partial charge < -0.3 is 14.6 Å². The third-order valence-electron chi connectivity index (χ3n) is 4.98. The van der Waals surface area contributed by atoms with E-state index in [9.17, 15) is 10.1 Å². The molecule has 0 saturated carbocycles. The van der Waals surface area contributed by atoms with E-state index in [0.29, 0.717) is 18.8 Å². The molecule has 0 spiro atoms. The number of benzene rings is 1. The maximum Gasteiger partial charge on any atom is 0.373 e. The summed E-state index contributed by atoms with van der Waals surface area (Å²) in [6.45, 7) is 1.10. The van der Waals surface area contributed by atoms with Crippen LogP contribution in [0.5, 0.6) is 11.6 Å². The summed E-state index contributed by atoms with van der Waals surface area (Å²) < 4.78 is 5.63. The molecule has 3 aromatic heterocycles. The van der Waals surface area contributed by atoms with E-state index in [1.165, 1.54) is 23.5 Å². The second-order valence-corrected chi connectivity index (χ2v) is 6.70. The Morgan fingerprint density at radius 2 is 2.07 bits per heavy atom. The number of nitrogens with zero attached hydrogens (tertiary/aromatic N) is 5. The largest absolute Gasteiger partial charge is 0.432 e. The predicted molar refractivity (Wildman–Crippen MR) is 106 cm³/mol. The summed E-state index contributed by atoms with van der Waals surface area (Å²) in [6.07, 6.45) is 5.12. The Kier molecular flexibility index (Phi) is 4.05. The molecule has 1 aromatic carbocycles. The van der Waals surface area contributed by atoms with Crippen molar-refractivity contribution in [3.8, 4) is 11.6 Å². The van der Waals surface area contributed by atoms with Gasteiger partial charge in [-0.05, 0) is 30.2 Å². The third kappa shape index (κ3) is 3.02. The smallest absolute Gasteiger partial charge is 0.373 e. The molecule has 9 nitrogen and oxygen atoms in total. The molecule has 0 radical (unpaired) electrons. The van der Waals surface area contributed by atoms with Crippen molar-refractivity contribution >= 4 is 22.4 Å². The third-order valence-corrected chi connectivity index (χ3v) is 4.98. The summed E-state index contributed by atoms with van der Waals surface area (Å²) >= 11 is 0. The second-order valence-electron chi connectivity index (χ2n) is 6.70. The van der Waals surface area contributed by atoms with Crippen LogP contribution in [0.4, 0.5) is 11.5 Å². The maximum absolute atomic E-state index is 11.9. The number of rotatable bonds is 4. The number of H-pyrrole nitrogens is 1. The van der Waals surface area contributed by atoms with Crippen molar-refractivity contribution in [3.63, 3.8) is 0 Å². The highest BCUT2D eigenvalue weighted by molar-refractivity contribution is 5.85. The molecule has 29 heavy (non-hydrogen) atoms. The minimum absolute atomic E-state index is 0.101. The minimum atomic E-state index is -0.498. The lowest BCUT2D eigenvalue weighted by atomic mass is 10.0. The van der Waals surface area contributed by atoms with Crippen molar-refractivity contribution in [3.05, 3.63) is 76.5 Å². The molecular formula is C20H16N6O3. The topological polar surface area (TPSA) is 110 Å².